The lowest BCUT2D eigenvalue weighted by Crippen LogP contribution is -2.51. The Bertz CT molecular complexity index is 1220. The number of aromatic nitrogens is 2. The maximum Gasteiger partial charge on any atom is 0.409 e. The Morgan fingerprint density at radius 2 is 1.85 bits per heavy atom. The smallest absolute Gasteiger partial charge is 0.409 e. The van der Waals surface area contributed by atoms with E-state index in [-0.39, 0.29) is 31.1 Å². The number of amides is 2. The third kappa shape index (κ3) is 4.35. The van der Waals surface area contributed by atoms with Crippen molar-refractivity contribution in [1.82, 2.24) is 19.2 Å². The lowest BCUT2D eigenvalue weighted by molar-refractivity contribution is -0.133. The number of piperazine rings is 1. The number of nitrogens with zero attached hydrogens (tertiary/aromatic N) is 4. The Kier molecular flexibility index (Phi) is 6.19. The Hall–Kier alpha value is -3.46. The lowest BCUT2D eigenvalue weighted by atomic mass is 9.91. The van der Waals surface area contributed by atoms with Crippen LogP contribution in [0.15, 0.2) is 42.7 Å². The van der Waals surface area contributed by atoms with E-state index in [1.165, 1.54) is 0 Å². The number of hydrogen-bond acceptors (Lipinski definition) is 6. The summed E-state index contributed by atoms with van der Waals surface area (Å²) in [6.45, 7) is 4.11. The first kappa shape index (κ1) is 22.3. The van der Waals surface area contributed by atoms with Gasteiger partial charge in [-0.3, -0.25) is 4.79 Å². The SMILES string of the molecule is CCOC(=O)N1CCN(C(=O)CC(c2ccc3c(c2)OCO3)c2cnc3ccc(Cl)cn23)CC1. The first-order chi connectivity index (χ1) is 16.5. The summed E-state index contributed by atoms with van der Waals surface area (Å²) in [6.07, 6.45) is 3.49. The van der Waals surface area contributed by atoms with E-state index in [0.717, 1.165) is 16.9 Å². The van der Waals surface area contributed by atoms with Gasteiger partial charge in [0.2, 0.25) is 12.7 Å². The maximum absolute atomic E-state index is 13.4. The number of carbonyl (C=O) groups excluding carboxylic acids is 2. The van der Waals surface area contributed by atoms with Crippen molar-refractivity contribution in [2.75, 3.05) is 39.6 Å². The number of fused-ring (bicyclic) bond motifs is 2. The monoisotopic (exact) mass is 484 g/mol. The van der Waals surface area contributed by atoms with Crippen LogP contribution in [0.25, 0.3) is 5.65 Å². The van der Waals surface area contributed by atoms with Crippen LogP contribution in [0, 0.1) is 0 Å². The summed E-state index contributed by atoms with van der Waals surface area (Å²) in [5.74, 6) is 1.07. The van der Waals surface area contributed by atoms with Gasteiger partial charge in [0.1, 0.15) is 5.65 Å². The fourth-order valence-corrected chi connectivity index (χ4v) is 4.57. The molecule has 1 fully saturated rings. The predicted molar refractivity (Wildman–Crippen MR) is 124 cm³/mol. The normalized spacial score (nSPS) is 16.1. The van der Waals surface area contributed by atoms with Gasteiger partial charge in [0.15, 0.2) is 11.5 Å². The highest BCUT2D eigenvalue weighted by Crippen LogP contribution is 2.38. The summed E-state index contributed by atoms with van der Waals surface area (Å²) < 4.78 is 18.0. The molecular formula is C24H25ClN4O5. The van der Waals surface area contributed by atoms with Gasteiger partial charge >= 0.3 is 6.09 Å². The van der Waals surface area contributed by atoms with E-state index in [2.05, 4.69) is 4.98 Å². The van der Waals surface area contributed by atoms with Gasteiger partial charge in [-0.1, -0.05) is 17.7 Å². The third-order valence-corrected chi connectivity index (χ3v) is 6.41. The predicted octanol–water partition coefficient (Wildman–Crippen LogP) is 3.54. The van der Waals surface area contributed by atoms with Crippen LogP contribution in [0.1, 0.15) is 30.5 Å². The van der Waals surface area contributed by atoms with Crippen molar-refractivity contribution in [1.29, 1.82) is 0 Å². The van der Waals surface area contributed by atoms with Crippen molar-refractivity contribution >= 4 is 29.2 Å². The number of pyridine rings is 1. The molecule has 1 aromatic carbocycles. The zero-order valence-electron chi connectivity index (χ0n) is 18.8. The molecule has 2 amide bonds. The number of ether oxygens (including phenoxy) is 3. The zero-order valence-corrected chi connectivity index (χ0v) is 19.5. The van der Waals surface area contributed by atoms with Crippen LogP contribution in [0.3, 0.4) is 0 Å². The van der Waals surface area contributed by atoms with E-state index < -0.39 is 0 Å². The fraction of sp³-hybridized carbons (Fsp3) is 0.375. The number of benzene rings is 1. The molecule has 0 radical (unpaired) electrons. The molecule has 10 heteroatoms. The lowest BCUT2D eigenvalue weighted by Gasteiger charge is -2.34. The molecule has 2 aliphatic heterocycles. The summed E-state index contributed by atoms with van der Waals surface area (Å²) in [5, 5.41) is 0.581. The van der Waals surface area contributed by atoms with Crippen molar-refractivity contribution in [2.24, 2.45) is 0 Å². The molecule has 34 heavy (non-hydrogen) atoms. The third-order valence-electron chi connectivity index (χ3n) is 6.19. The molecule has 2 aliphatic rings. The van der Waals surface area contributed by atoms with Crippen molar-refractivity contribution in [2.45, 2.75) is 19.3 Å². The highest BCUT2D eigenvalue weighted by Gasteiger charge is 2.29. The molecule has 1 unspecified atom stereocenters. The largest absolute Gasteiger partial charge is 0.454 e. The Morgan fingerprint density at radius 3 is 2.65 bits per heavy atom. The summed E-state index contributed by atoms with van der Waals surface area (Å²) in [6, 6.07) is 9.37. The summed E-state index contributed by atoms with van der Waals surface area (Å²) in [4.78, 5) is 33.3. The molecule has 5 rings (SSSR count). The molecule has 1 atom stereocenters. The molecule has 1 saturated heterocycles. The Morgan fingerprint density at radius 1 is 1.09 bits per heavy atom. The molecule has 0 saturated carbocycles. The fourth-order valence-electron chi connectivity index (χ4n) is 4.41. The minimum Gasteiger partial charge on any atom is -0.454 e. The van der Waals surface area contributed by atoms with E-state index in [0.29, 0.717) is 49.3 Å². The molecule has 0 bridgehead atoms. The molecule has 178 valence electrons. The Labute approximate surface area is 201 Å². The van der Waals surface area contributed by atoms with Crippen molar-refractivity contribution < 1.29 is 23.8 Å². The van der Waals surface area contributed by atoms with Crippen LogP contribution < -0.4 is 9.47 Å². The maximum atomic E-state index is 13.4. The topological polar surface area (TPSA) is 85.6 Å². The zero-order chi connectivity index (χ0) is 23.7. The summed E-state index contributed by atoms with van der Waals surface area (Å²) in [7, 11) is 0. The van der Waals surface area contributed by atoms with Gasteiger partial charge in [0.05, 0.1) is 17.3 Å². The van der Waals surface area contributed by atoms with E-state index in [1.807, 2.05) is 34.9 Å². The molecule has 3 aromatic rings. The molecular weight excluding hydrogens is 460 g/mol. The van der Waals surface area contributed by atoms with E-state index in [9.17, 15) is 9.59 Å². The molecule has 0 N–H and O–H groups in total. The summed E-state index contributed by atoms with van der Waals surface area (Å²) in [5.41, 5.74) is 2.53. The average Bonchev–Trinajstić information content (AvgIpc) is 3.49. The number of rotatable bonds is 5. The van der Waals surface area contributed by atoms with Gasteiger partial charge in [0, 0.05) is 50.9 Å². The van der Waals surface area contributed by atoms with Crippen LogP contribution in [0.4, 0.5) is 4.79 Å². The van der Waals surface area contributed by atoms with Crippen molar-refractivity contribution in [3.8, 4) is 11.5 Å². The first-order valence-electron chi connectivity index (χ1n) is 11.2. The number of carbonyl (C=O) groups is 2. The Balaban J connectivity index is 1.41. The van der Waals surface area contributed by atoms with Crippen LogP contribution in [0.5, 0.6) is 11.5 Å². The van der Waals surface area contributed by atoms with Gasteiger partial charge in [-0.2, -0.15) is 0 Å². The van der Waals surface area contributed by atoms with Gasteiger partial charge in [-0.25, -0.2) is 9.78 Å². The van der Waals surface area contributed by atoms with Gasteiger partial charge in [-0.15, -0.1) is 0 Å². The second kappa shape index (κ2) is 9.42. The van der Waals surface area contributed by atoms with Gasteiger partial charge in [0.25, 0.3) is 0 Å². The number of imidazole rings is 1. The van der Waals surface area contributed by atoms with Gasteiger partial charge in [-0.05, 0) is 36.8 Å². The van der Waals surface area contributed by atoms with E-state index >= 15 is 0 Å². The average molecular weight is 485 g/mol. The van der Waals surface area contributed by atoms with Crippen LogP contribution in [-0.2, 0) is 9.53 Å². The number of hydrogen-bond donors (Lipinski definition) is 0. The van der Waals surface area contributed by atoms with Crippen LogP contribution in [-0.4, -0.2) is 70.8 Å². The minimum absolute atomic E-state index is 0.00292. The van der Waals surface area contributed by atoms with E-state index in [1.54, 1.807) is 29.0 Å². The van der Waals surface area contributed by atoms with Crippen LogP contribution >= 0.6 is 11.6 Å². The molecule has 0 aliphatic carbocycles. The second-order valence-corrected chi connectivity index (χ2v) is 8.63. The second-order valence-electron chi connectivity index (χ2n) is 8.19. The highest BCUT2D eigenvalue weighted by molar-refractivity contribution is 6.30. The van der Waals surface area contributed by atoms with E-state index in [4.69, 9.17) is 25.8 Å². The van der Waals surface area contributed by atoms with Crippen molar-refractivity contribution in [3.05, 3.63) is 59.0 Å². The van der Waals surface area contributed by atoms with Crippen molar-refractivity contribution in [3.63, 3.8) is 0 Å². The highest BCUT2D eigenvalue weighted by atomic mass is 35.5. The quantitative estimate of drug-likeness (QED) is 0.550. The standard InChI is InChI=1S/C24H25ClN4O5/c1-2-32-24(31)28-9-7-27(8-10-28)23(30)12-18(16-3-5-20-21(11-16)34-15-33-20)19-13-26-22-6-4-17(25)14-29(19)22/h3-6,11,13-14,18H,2,7-10,12,15H2,1H3. The summed E-state index contributed by atoms with van der Waals surface area (Å²) >= 11 is 6.26. The van der Waals surface area contributed by atoms with Gasteiger partial charge < -0.3 is 28.4 Å². The minimum atomic E-state index is -0.338. The number of halogens is 1. The molecule has 0 spiro atoms. The van der Waals surface area contributed by atoms with Crippen LogP contribution in [0.2, 0.25) is 5.02 Å². The molecule has 2 aromatic heterocycles. The molecule has 4 heterocycles. The first-order valence-corrected chi connectivity index (χ1v) is 11.6. The molecule has 9 nitrogen and oxygen atoms in total.